The molecular formula is C19H24N2O2S. The first-order chi connectivity index (χ1) is 11.6. The molecule has 1 unspecified atom stereocenters. The molecule has 0 aliphatic carbocycles. The molecule has 4 nitrogen and oxygen atoms in total. The fourth-order valence-electron chi connectivity index (χ4n) is 2.39. The van der Waals surface area contributed by atoms with Crippen LogP contribution in [0.5, 0.6) is 0 Å². The molecule has 0 aliphatic heterocycles. The number of anilines is 1. The summed E-state index contributed by atoms with van der Waals surface area (Å²) in [4.78, 5) is 15.0. The lowest BCUT2D eigenvalue weighted by Crippen LogP contribution is -2.25. The topological polar surface area (TPSA) is 49.4 Å². The molecule has 0 fully saturated rings. The van der Waals surface area contributed by atoms with Gasteiger partial charge in [-0.1, -0.05) is 18.2 Å². The van der Waals surface area contributed by atoms with Gasteiger partial charge in [-0.25, -0.2) is 0 Å². The Morgan fingerprint density at radius 3 is 2.33 bits per heavy atom. The Labute approximate surface area is 146 Å². The maximum atomic E-state index is 12.0. The van der Waals surface area contributed by atoms with Crippen LogP contribution in [0.2, 0.25) is 0 Å². The molecule has 0 bridgehead atoms. The Hall–Kier alpha value is -2.14. The second kappa shape index (κ2) is 9.23. The highest BCUT2D eigenvalue weighted by Crippen LogP contribution is 2.11. The summed E-state index contributed by atoms with van der Waals surface area (Å²) in [5.41, 5.74) is 1.81. The van der Waals surface area contributed by atoms with E-state index in [4.69, 9.17) is 0 Å². The number of carbonyl (C=O) groups excluding carboxylic acids is 1. The van der Waals surface area contributed by atoms with Crippen molar-refractivity contribution in [1.82, 2.24) is 5.32 Å². The van der Waals surface area contributed by atoms with Crippen molar-refractivity contribution in [2.24, 2.45) is 0 Å². The van der Waals surface area contributed by atoms with Crippen molar-refractivity contribution in [2.75, 3.05) is 31.3 Å². The van der Waals surface area contributed by atoms with Crippen molar-refractivity contribution in [3.8, 4) is 0 Å². The monoisotopic (exact) mass is 344 g/mol. The van der Waals surface area contributed by atoms with Crippen LogP contribution in [0, 0.1) is 0 Å². The molecule has 2 aromatic rings. The fraction of sp³-hybridized carbons (Fsp3) is 0.316. The number of unbranched alkanes of at least 4 members (excludes halogenated alkanes) is 1. The van der Waals surface area contributed by atoms with Crippen molar-refractivity contribution in [3.05, 3.63) is 60.2 Å². The zero-order chi connectivity index (χ0) is 17.4. The van der Waals surface area contributed by atoms with Crippen LogP contribution in [0.1, 0.15) is 23.2 Å². The minimum Gasteiger partial charge on any atom is -0.375 e. The summed E-state index contributed by atoms with van der Waals surface area (Å²) in [7, 11) is 1.06. The van der Waals surface area contributed by atoms with Crippen molar-refractivity contribution in [2.45, 2.75) is 17.7 Å². The van der Waals surface area contributed by atoms with Gasteiger partial charge in [0.05, 0.1) is 0 Å². The van der Waals surface area contributed by atoms with Crippen molar-refractivity contribution >= 4 is 22.4 Å². The Kier molecular flexibility index (Phi) is 7.00. The van der Waals surface area contributed by atoms with Crippen LogP contribution in [0.25, 0.3) is 0 Å². The normalized spacial score (nSPS) is 11.8. The first-order valence-corrected chi connectivity index (χ1v) is 9.61. The molecule has 0 aromatic heterocycles. The largest absolute Gasteiger partial charge is 0.375 e. The summed E-state index contributed by atoms with van der Waals surface area (Å²) in [6, 6.07) is 17.2. The van der Waals surface area contributed by atoms with E-state index in [0.29, 0.717) is 12.1 Å². The van der Waals surface area contributed by atoms with Gasteiger partial charge in [-0.2, -0.15) is 0 Å². The molecule has 1 amide bonds. The molecule has 5 heteroatoms. The van der Waals surface area contributed by atoms with Crippen molar-refractivity contribution in [1.29, 1.82) is 0 Å². The number of para-hydroxylation sites is 1. The lowest BCUT2D eigenvalue weighted by Gasteiger charge is -2.19. The Morgan fingerprint density at radius 1 is 1.04 bits per heavy atom. The molecule has 0 radical (unpaired) electrons. The number of hydrogen-bond donors (Lipinski definition) is 1. The van der Waals surface area contributed by atoms with E-state index >= 15 is 0 Å². The van der Waals surface area contributed by atoms with Crippen LogP contribution in [-0.4, -0.2) is 36.5 Å². The third-order valence-corrected chi connectivity index (χ3v) is 4.79. The summed E-state index contributed by atoms with van der Waals surface area (Å²) >= 11 is 0. The van der Waals surface area contributed by atoms with Gasteiger partial charge in [-0.15, -0.1) is 0 Å². The number of carbonyl (C=O) groups is 1. The number of nitrogens with zero attached hydrogens (tertiary/aromatic N) is 1. The minimum atomic E-state index is -1.02. The second-order valence-corrected chi connectivity index (χ2v) is 7.08. The molecule has 2 rings (SSSR count). The predicted octanol–water partition coefficient (Wildman–Crippen LogP) is 3.07. The van der Waals surface area contributed by atoms with Gasteiger partial charge in [-0.05, 0) is 49.2 Å². The van der Waals surface area contributed by atoms with Crippen LogP contribution in [0.4, 0.5) is 5.69 Å². The molecule has 1 atom stereocenters. The van der Waals surface area contributed by atoms with Crippen LogP contribution in [0.15, 0.2) is 59.5 Å². The van der Waals surface area contributed by atoms with Gasteiger partial charge < -0.3 is 10.2 Å². The molecule has 24 heavy (non-hydrogen) atoms. The third-order valence-electron chi connectivity index (χ3n) is 3.85. The van der Waals surface area contributed by atoms with Gasteiger partial charge in [0.1, 0.15) is 0 Å². The molecular weight excluding hydrogens is 320 g/mol. The quantitative estimate of drug-likeness (QED) is 0.749. The minimum absolute atomic E-state index is 0.0835. The highest BCUT2D eigenvalue weighted by atomic mass is 32.2. The van der Waals surface area contributed by atoms with Gasteiger partial charge in [0.2, 0.25) is 0 Å². The van der Waals surface area contributed by atoms with E-state index < -0.39 is 10.8 Å². The maximum Gasteiger partial charge on any atom is 0.251 e. The van der Waals surface area contributed by atoms with E-state index in [1.54, 1.807) is 30.5 Å². The van der Waals surface area contributed by atoms with E-state index in [9.17, 15) is 9.00 Å². The number of nitrogens with one attached hydrogen (secondary N) is 1. The summed E-state index contributed by atoms with van der Waals surface area (Å²) in [5.74, 6) is -0.0835. The molecule has 0 heterocycles. The summed E-state index contributed by atoms with van der Waals surface area (Å²) in [5, 5.41) is 2.93. The Morgan fingerprint density at radius 2 is 1.71 bits per heavy atom. The molecule has 0 spiro atoms. The smallest absolute Gasteiger partial charge is 0.251 e. The zero-order valence-corrected chi connectivity index (χ0v) is 15.0. The molecule has 2 aromatic carbocycles. The van der Waals surface area contributed by atoms with E-state index in [0.717, 1.165) is 24.3 Å². The lowest BCUT2D eigenvalue weighted by atomic mass is 10.2. The first-order valence-electron chi connectivity index (χ1n) is 8.06. The van der Waals surface area contributed by atoms with Gasteiger partial charge in [0, 0.05) is 53.3 Å². The van der Waals surface area contributed by atoms with E-state index in [1.165, 1.54) is 5.69 Å². The van der Waals surface area contributed by atoms with Gasteiger partial charge >= 0.3 is 0 Å². The number of rotatable bonds is 8. The average molecular weight is 344 g/mol. The molecule has 1 N–H and O–H groups in total. The highest BCUT2D eigenvalue weighted by Gasteiger charge is 2.06. The fourth-order valence-corrected chi connectivity index (χ4v) is 2.91. The Bertz CT molecular complexity index is 672. The zero-order valence-electron chi connectivity index (χ0n) is 14.2. The molecule has 128 valence electrons. The van der Waals surface area contributed by atoms with Crippen LogP contribution >= 0.6 is 0 Å². The summed E-state index contributed by atoms with van der Waals surface area (Å²) in [6.45, 7) is 1.61. The Balaban J connectivity index is 1.68. The number of benzene rings is 2. The van der Waals surface area contributed by atoms with Crippen LogP contribution in [0.3, 0.4) is 0 Å². The van der Waals surface area contributed by atoms with Crippen LogP contribution < -0.4 is 10.2 Å². The van der Waals surface area contributed by atoms with Crippen molar-refractivity contribution in [3.63, 3.8) is 0 Å². The molecule has 0 saturated carbocycles. The lowest BCUT2D eigenvalue weighted by molar-refractivity contribution is 0.0953. The predicted molar refractivity (Wildman–Crippen MR) is 100 cm³/mol. The standard InChI is InChI=1S/C19H24N2O2S/c1-21(17-8-4-3-5-9-17)15-7-6-14-20-19(22)16-10-12-18(13-11-16)24(2)23/h3-5,8-13H,6-7,14-15H2,1-2H3,(H,20,22). The number of amides is 1. The van der Waals surface area contributed by atoms with E-state index in [-0.39, 0.29) is 5.91 Å². The summed E-state index contributed by atoms with van der Waals surface area (Å²) < 4.78 is 11.3. The molecule has 0 saturated heterocycles. The average Bonchev–Trinajstić information content (AvgIpc) is 2.62. The summed E-state index contributed by atoms with van der Waals surface area (Å²) in [6.07, 6.45) is 3.57. The SMILES string of the molecule is CN(CCCCNC(=O)c1ccc(S(C)=O)cc1)c1ccccc1. The third kappa shape index (κ3) is 5.49. The molecule has 0 aliphatic rings. The van der Waals surface area contributed by atoms with Crippen LogP contribution in [-0.2, 0) is 10.8 Å². The maximum absolute atomic E-state index is 12.0. The van der Waals surface area contributed by atoms with Gasteiger partial charge in [0.25, 0.3) is 5.91 Å². The first kappa shape index (κ1) is 18.2. The van der Waals surface area contributed by atoms with Crippen molar-refractivity contribution < 1.29 is 9.00 Å². The van der Waals surface area contributed by atoms with Gasteiger partial charge in [-0.3, -0.25) is 9.00 Å². The second-order valence-electron chi connectivity index (χ2n) is 5.70. The van der Waals surface area contributed by atoms with E-state index in [2.05, 4.69) is 29.4 Å². The van der Waals surface area contributed by atoms with E-state index in [1.807, 2.05) is 18.2 Å². The number of hydrogen-bond acceptors (Lipinski definition) is 3. The highest BCUT2D eigenvalue weighted by molar-refractivity contribution is 7.84. The van der Waals surface area contributed by atoms with Gasteiger partial charge in [0.15, 0.2) is 0 Å².